The summed E-state index contributed by atoms with van der Waals surface area (Å²) in [5, 5.41) is 17.7. The van der Waals surface area contributed by atoms with Crippen molar-refractivity contribution in [3.05, 3.63) is 12.2 Å². The van der Waals surface area contributed by atoms with E-state index in [0.717, 1.165) is 25.7 Å². The Morgan fingerprint density at radius 2 is 1.42 bits per heavy atom. The largest absolute Gasteiger partial charge is 0.416 e. The van der Waals surface area contributed by atoms with E-state index in [4.69, 9.17) is 22.1 Å². The Labute approximate surface area is 165 Å². The number of aliphatic hydroxyl groups is 2. The first kappa shape index (κ1) is 25.2. The number of carbonyl (C=O) groups excluding carboxylic acids is 1. The summed E-state index contributed by atoms with van der Waals surface area (Å²) in [5.41, 5.74) is 0. The van der Waals surface area contributed by atoms with Crippen molar-refractivity contribution in [2.75, 3.05) is 6.61 Å². The molecule has 0 saturated carbocycles. The minimum absolute atomic E-state index is 0.245. The molecule has 0 radical (unpaired) electrons. The van der Waals surface area contributed by atoms with Crippen LogP contribution in [-0.2, 0) is 9.53 Å². The summed E-state index contributed by atoms with van der Waals surface area (Å²) in [6.45, 7) is 1.72. The minimum atomic E-state index is -1.26. The summed E-state index contributed by atoms with van der Waals surface area (Å²) in [5.74, 6) is -0.430. The lowest BCUT2D eigenvalue weighted by Gasteiger charge is -2.09. The molecular weight excluding hydrogens is 348 g/mol. The summed E-state index contributed by atoms with van der Waals surface area (Å²) in [6.07, 6.45) is 19.4. The highest BCUT2D eigenvalue weighted by Crippen LogP contribution is 2.10. The molecule has 0 rings (SSSR count). The van der Waals surface area contributed by atoms with Crippen LogP contribution < -0.4 is 0 Å². The first-order valence-corrected chi connectivity index (χ1v) is 10.7. The highest BCUT2D eigenvalue weighted by molar-refractivity contribution is 7.80. The summed E-state index contributed by atoms with van der Waals surface area (Å²) < 4.78 is 4.80. The third-order valence-corrected chi connectivity index (χ3v) is 4.66. The highest BCUT2D eigenvalue weighted by atomic mass is 32.1. The maximum Gasteiger partial charge on any atom is 0.311 e. The van der Waals surface area contributed by atoms with E-state index in [-0.39, 0.29) is 5.05 Å². The van der Waals surface area contributed by atoms with E-state index in [2.05, 4.69) is 19.1 Å². The van der Waals surface area contributed by atoms with Crippen molar-refractivity contribution in [3.63, 3.8) is 0 Å². The topological polar surface area (TPSA) is 66.8 Å². The Bertz CT molecular complexity index is 382. The maximum atomic E-state index is 11.5. The fourth-order valence-electron chi connectivity index (χ4n) is 2.65. The van der Waals surface area contributed by atoms with E-state index in [1.54, 1.807) is 0 Å². The van der Waals surface area contributed by atoms with E-state index in [9.17, 15) is 9.90 Å². The predicted octanol–water partition coefficient (Wildman–Crippen LogP) is 5.25. The van der Waals surface area contributed by atoms with Crippen molar-refractivity contribution >= 4 is 23.2 Å². The lowest BCUT2D eigenvalue weighted by molar-refractivity contribution is -0.136. The van der Waals surface area contributed by atoms with Crippen molar-refractivity contribution in [1.29, 1.82) is 0 Å². The molecule has 0 aliphatic heterocycles. The van der Waals surface area contributed by atoms with Crippen LogP contribution in [0.25, 0.3) is 0 Å². The van der Waals surface area contributed by atoms with Gasteiger partial charge in [-0.25, -0.2) is 0 Å². The predicted molar refractivity (Wildman–Crippen MR) is 111 cm³/mol. The van der Waals surface area contributed by atoms with Gasteiger partial charge in [-0.1, -0.05) is 70.4 Å². The zero-order valence-electron chi connectivity index (χ0n) is 16.5. The number of rotatable bonds is 17. The molecule has 0 aliphatic rings. The Balaban J connectivity index is 3.34. The van der Waals surface area contributed by atoms with Crippen LogP contribution in [0.3, 0.4) is 0 Å². The second-order valence-electron chi connectivity index (χ2n) is 6.83. The molecule has 1 atom stereocenters. The quantitative estimate of drug-likeness (QED) is 0.155. The Hall–Kier alpha value is -0.780. The van der Waals surface area contributed by atoms with Gasteiger partial charge in [0.2, 0.25) is 5.05 Å². The molecule has 0 saturated heterocycles. The van der Waals surface area contributed by atoms with E-state index in [1.807, 2.05) is 0 Å². The number of hydrogen-bond donors (Lipinski definition) is 2. The van der Waals surface area contributed by atoms with Crippen LogP contribution in [0.1, 0.15) is 96.8 Å². The first-order valence-electron chi connectivity index (χ1n) is 10.3. The van der Waals surface area contributed by atoms with Crippen LogP contribution in [-0.4, -0.2) is 33.9 Å². The fraction of sp³-hybridized carbons (Fsp3) is 0.810. The molecule has 0 fully saturated rings. The van der Waals surface area contributed by atoms with Crippen LogP contribution in [0.15, 0.2) is 12.2 Å². The van der Waals surface area contributed by atoms with Gasteiger partial charge in [-0.3, -0.25) is 4.79 Å². The Kier molecular flexibility index (Phi) is 18.4. The molecule has 0 aromatic rings. The summed E-state index contributed by atoms with van der Waals surface area (Å²) in [7, 11) is 0. The average Bonchev–Trinajstić information content (AvgIpc) is 2.64. The van der Waals surface area contributed by atoms with Crippen molar-refractivity contribution in [2.24, 2.45) is 0 Å². The lowest BCUT2D eigenvalue weighted by atomic mass is 10.1. The van der Waals surface area contributed by atoms with Crippen molar-refractivity contribution in [2.45, 2.75) is 103 Å². The highest BCUT2D eigenvalue weighted by Gasteiger charge is 2.14. The molecule has 0 aromatic carbocycles. The van der Waals surface area contributed by atoms with Crippen LogP contribution in [0.4, 0.5) is 0 Å². The maximum absolute atomic E-state index is 11.5. The smallest absolute Gasteiger partial charge is 0.311 e. The van der Waals surface area contributed by atoms with Crippen LogP contribution in [0, 0.1) is 0 Å². The zero-order valence-corrected chi connectivity index (χ0v) is 17.3. The number of carbonyl (C=O) groups is 1. The zero-order chi connectivity index (χ0) is 19.5. The SMILES string of the molecule is CCCCCCCC/C=C\CCCCCCCC(=O)OC(=S)C(O)CO. The molecule has 0 spiro atoms. The van der Waals surface area contributed by atoms with Crippen molar-refractivity contribution < 1.29 is 19.7 Å². The Morgan fingerprint density at radius 3 is 1.96 bits per heavy atom. The van der Waals surface area contributed by atoms with Gasteiger partial charge in [0, 0.05) is 6.42 Å². The Morgan fingerprint density at radius 1 is 0.923 bits per heavy atom. The van der Waals surface area contributed by atoms with Gasteiger partial charge in [0.25, 0.3) is 0 Å². The van der Waals surface area contributed by atoms with Gasteiger partial charge >= 0.3 is 5.97 Å². The molecular formula is C21H38O4S. The van der Waals surface area contributed by atoms with Crippen molar-refractivity contribution in [1.82, 2.24) is 0 Å². The van der Waals surface area contributed by atoms with Crippen LogP contribution in [0.5, 0.6) is 0 Å². The molecule has 0 bridgehead atoms. The number of thiocarbonyl (C=S) groups is 1. The van der Waals surface area contributed by atoms with E-state index < -0.39 is 18.7 Å². The van der Waals surface area contributed by atoms with Crippen molar-refractivity contribution in [3.8, 4) is 0 Å². The summed E-state index contributed by atoms with van der Waals surface area (Å²) in [6, 6.07) is 0. The van der Waals surface area contributed by atoms with Gasteiger partial charge < -0.3 is 14.9 Å². The van der Waals surface area contributed by atoms with E-state index in [1.165, 1.54) is 57.8 Å². The molecule has 0 aromatic heterocycles. The second kappa shape index (κ2) is 19.0. The van der Waals surface area contributed by atoms with Gasteiger partial charge in [0.1, 0.15) is 6.10 Å². The molecule has 0 aliphatic carbocycles. The molecule has 26 heavy (non-hydrogen) atoms. The molecule has 152 valence electrons. The van der Waals surface area contributed by atoms with Gasteiger partial charge in [-0.05, 0) is 44.3 Å². The molecule has 0 amide bonds. The molecule has 2 N–H and O–H groups in total. The number of allylic oxidation sites excluding steroid dienone is 2. The number of hydrogen-bond acceptors (Lipinski definition) is 5. The number of aliphatic hydroxyl groups excluding tert-OH is 2. The molecule has 4 nitrogen and oxygen atoms in total. The number of unbranched alkanes of at least 4 members (excludes halogenated alkanes) is 11. The lowest BCUT2D eigenvalue weighted by Crippen LogP contribution is -2.27. The van der Waals surface area contributed by atoms with Gasteiger partial charge in [0.15, 0.2) is 0 Å². The molecule has 5 heteroatoms. The summed E-state index contributed by atoms with van der Waals surface area (Å²) in [4.78, 5) is 11.5. The van der Waals surface area contributed by atoms with Crippen LogP contribution in [0.2, 0.25) is 0 Å². The monoisotopic (exact) mass is 386 g/mol. The number of esters is 1. The second-order valence-corrected chi connectivity index (χ2v) is 7.23. The average molecular weight is 387 g/mol. The van der Waals surface area contributed by atoms with E-state index >= 15 is 0 Å². The minimum Gasteiger partial charge on any atom is -0.416 e. The standard InChI is InChI=1S/C21H38O4S/c1-2-3-4-5-6-7-8-9-10-11-12-13-14-15-16-17-20(24)25-21(26)19(23)18-22/h9-10,19,22-23H,2-8,11-18H2,1H3/b10-9-. The van der Waals surface area contributed by atoms with Gasteiger partial charge in [-0.2, -0.15) is 0 Å². The summed E-state index contributed by atoms with van der Waals surface area (Å²) >= 11 is 4.70. The third kappa shape index (κ3) is 16.7. The number of ether oxygens (including phenoxy) is 1. The van der Waals surface area contributed by atoms with Crippen LogP contribution >= 0.6 is 12.2 Å². The van der Waals surface area contributed by atoms with Gasteiger partial charge in [0.05, 0.1) is 6.61 Å². The molecule has 1 unspecified atom stereocenters. The molecule has 0 heterocycles. The van der Waals surface area contributed by atoms with Gasteiger partial charge in [-0.15, -0.1) is 0 Å². The normalized spacial score (nSPS) is 12.4. The van der Waals surface area contributed by atoms with E-state index in [0.29, 0.717) is 6.42 Å². The third-order valence-electron chi connectivity index (χ3n) is 4.30. The fourth-order valence-corrected chi connectivity index (χ4v) is 2.81. The first-order chi connectivity index (χ1) is 12.6.